The molecule has 1 fully saturated rings. The van der Waals surface area contributed by atoms with Gasteiger partial charge in [0.15, 0.2) is 11.5 Å². The van der Waals surface area contributed by atoms with E-state index in [4.69, 9.17) is 27.6 Å². The summed E-state index contributed by atoms with van der Waals surface area (Å²) < 4.78 is 7.37. The first-order valence-corrected chi connectivity index (χ1v) is 9.83. The van der Waals surface area contributed by atoms with Crippen LogP contribution in [0, 0.1) is 0 Å². The Morgan fingerprint density at radius 2 is 2.04 bits per heavy atom. The van der Waals surface area contributed by atoms with Crippen LogP contribution in [0.15, 0.2) is 47.0 Å². The summed E-state index contributed by atoms with van der Waals surface area (Å²) >= 11 is 12.2. The van der Waals surface area contributed by atoms with Crippen LogP contribution in [-0.4, -0.2) is 34.8 Å². The van der Waals surface area contributed by atoms with Crippen molar-refractivity contribution in [3.8, 4) is 11.5 Å². The van der Waals surface area contributed by atoms with E-state index in [9.17, 15) is 4.79 Å². The number of rotatable bonds is 4. The van der Waals surface area contributed by atoms with Crippen LogP contribution in [0.5, 0.6) is 0 Å². The van der Waals surface area contributed by atoms with Crippen LogP contribution in [0.2, 0.25) is 10.0 Å². The highest BCUT2D eigenvalue weighted by Crippen LogP contribution is 2.30. The Kier molecular flexibility index (Phi) is 5.44. The zero-order chi connectivity index (χ0) is 19.7. The standard InChI is InChI=1S/C20H20Cl2N4O2/c1-26-19(15(22)10-24-26)17-6-7-18(28-17)20(27)25-16-11-23-9-8-14(16)12-2-4-13(21)5-3-12/h2-7,10,14,16,23H,8-9,11H2,1H3,(H,25,27)/t14-,16+/m0/s1. The zero-order valence-electron chi connectivity index (χ0n) is 15.3. The normalized spacial score (nSPS) is 19.5. The van der Waals surface area contributed by atoms with Crippen LogP contribution >= 0.6 is 23.2 Å². The molecule has 1 aliphatic heterocycles. The molecule has 0 saturated carbocycles. The fourth-order valence-electron chi connectivity index (χ4n) is 3.63. The summed E-state index contributed by atoms with van der Waals surface area (Å²) in [6, 6.07) is 11.1. The minimum absolute atomic E-state index is 0.0451. The number of piperidine rings is 1. The quantitative estimate of drug-likeness (QED) is 0.674. The lowest BCUT2D eigenvalue weighted by molar-refractivity contribution is 0.0897. The third kappa shape index (κ3) is 3.81. The highest BCUT2D eigenvalue weighted by Gasteiger charge is 2.29. The summed E-state index contributed by atoms with van der Waals surface area (Å²) in [6.07, 6.45) is 2.48. The highest BCUT2D eigenvalue weighted by molar-refractivity contribution is 6.32. The topological polar surface area (TPSA) is 72.1 Å². The van der Waals surface area contributed by atoms with Gasteiger partial charge < -0.3 is 15.1 Å². The van der Waals surface area contributed by atoms with Crippen molar-refractivity contribution in [2.75, 3.05) is 13.1 Å². The van der Waals surface area contributed by atoms with Gasteiger partial charge in [-0.3, -0.25) is 9.48 Å². The molecule has 2 aromatic heterocycles. The number of nitrogens with zero attached hydrogens (tertiary/aromatic N) is 2. The van der Waals surface area contributed by atoms with Crippen molar-refractivity contribution in [1.29, 1.82) is 0 Å². The predicted molar refractivity (Wildman–Crippen MR) is 109 cm³/mol. The zero-order valence-corrected chi connectivity index (χ0v) is 16.8. The Balaban J connectivity index is 1.51. The van der Waals surface area contributed by atoms with Crippen LogP contribution in [0.25, 0.3) is 11.5 Å². The minimum Gasteiger partial charge on any atom is -0.449 e. The predicted octanol–water partition coefficient (Wildman–Crippen LogP) is 3.86. The molecule has 4 rings (SSSR count). The molecule has 1 amide bonds. The number of amides is 1. The molecule has 0 aliphatic carbocycles. The van der Waals surface area contributed by atoms with Gasteiger partial charge in [0, 0.05) is 30.6 Å². The van der Waals surface area contributed by atoms with Crippen LogP contribution in [-0.2, 0) is 7.05 Å². The Labute approximate surface area is 172 Å². The third-order valence-corrected chi connectivity index (χ3v) is 5.58. The lowest BCUT2D eigenvalue weighted by atomic mass is 9.86. The van der Waals surface area contributed by atoms with Crippen LogP contribution in [0.4, 0.5) is 0 Å². The lowest BCUT2D eigenvalue weighted by Crippen LogP contribution is -2.49. The average molecular weight is 419 g/mol. The highest BCUT2D eigenvalue weighted by atomic mass is 35.5. The number of aryl methyl sites for hydroxylation is 1. The number of hydrogen-bond acceptors (Lipinski definition) is 4. The summed E-state index contributed by atoms with van der Waals surface area (Å²) in [5.74, 6) is 0.708. The number of carbonyl (C=O) groups excluding carboxylic acids is 1. The molecular formula is C20H20Cl2N4O2. The molecule has 28 heavy (non-hydrogen) atoms. The number of carbonyl (C=O) groups is 1. The molecule has 1 aromatic carbocycles. The first kappa shape index (κ1) is 19.1. The van der Waals surface area contributed by atoms with Crippen molar-refractivity contribution in [3.63, 3.8) is 0 Å². The molecule has 146 valence electrons. The number of halogens is 2. The van der Waals surface area contributed by atoms with Crippen LogP contribution in [0.3, 0.4) is 0 Å². The fourth-order valence-corrected chi connectivity index (χ4v) is 4.02. The number of furan rings is 1. The molecule has 6 nitrogen and oxygen atoms in total. The molecule has 2 atom stereocenters. The SMILES string of the molecule is Cn1ncc(Cl)c1-c1ccc(C(=O)N[C@@H]2CNCC[C@H]2c2ccc(Cl)cc2)o1. The number of benzene rings is 1. The van der Waals surface area contributed by atoms with Gasteiger partial charge in [-0.15, -0.1) is 0 Å². The van der Waals surface area contributed by atoms with Crippen molar-refractivity contribution < 1.29 is 9.21 Å². The second-order valence-electron chi connectivity index (χ2n) is 6.86. The maximum absolute atomic E-state index is 12.8. The van der Waals surface area contributed by atoms with Gasteiger partial charge >= 0.3 is 0 Å². The van der Waals surface area contributed by atoms with Gasteiger partial charge in [-0.1, -0.05) is 35.3 Å². The Morgan fingerprint density at radius 3 is 2.75 bits per heavy atom. The first-order valence-electron chi connectivity index (χ1n) is 9.07. The molecule has 1 saturated heterocycles. The van der Waals surface area contributed by atoms with Crippen molar-refractivity contribution in [2.45, 2.75) is 18.4 Å². The average Bonchev–Trinajstić information content (AvgIpc) is 3.29. The van der Waals surface area contributed by atoms with Gasteiger partial charge in [-0.05, 0) is 42.8 Å². The Bertz CT molecular complexity index is 961. The Morgan fingerprint density at radius 1 is 1.25 bits per heavy atom. The minimum atomic E-state index is -0.253. The summed E-state index contributed by atoms with van der Waals surface area (Å²) in [5, 5.41) is 11.7. The van der Waals surface area contributed by atoms with Gasteiger partial charge in [0.05, 0.1) is 11.2 Å². The summed E-state index contributed by atoms with van der Waals surface area (Å²) in [6.45, 7) is 1.60. The van der Waals surface area contributed by atoms with E-state index in [0.29, 0.717) is 28.0 Å². The van der Waals surface area contributed by atoms with E-state index in [1.807, 2.05) is 24.3 Å². The van der Waals surface area contributed by atoms with Gasteiger partial charge in [-0.25, -0.2) is 0 Å². The molecule has 1 aliphatic rings. The van der Waals surface area contributed by atoms with Crippen molar-refractivity contribution >= 4 is 29.1 Å². The first-order chi connectivity index (χ1) is 13.5. The second-order valence-corrected chi connectivity index (χ2v) is 7.70. The monoisotopic (exact) mass is 418 g/mol. The molecule has 0 unspecified atom stereocenters. The summed E-state index contributed by atoms with van der Waals surface area (Å²) in [4.78, 5) is 12.8. The van der Waals surface area contributed by atoms with Crippen LogP contribution in [0.1, 0.15) is 28.5 Å². The molecule has 3 heterocycles. The molecule has 0 bridgehead atoms. The molecule has 0 spiro atoms. The molecule has 2 N–H and O–H groups in total. The van der Waals surface area contributed by atoms with E-state index in [2.05, 4.69) is 15.7 Å². The van der Waals surface area contributed by atoms with Gasteiger partial charge in [0.1, 0.15) is 5.69 Å². The lowest BCUT2D eigenvalue weighted by Gasteiger charge is -2.33. The van der Waals surface area contributed by atoms with Crippen molar-refractivity contribution in [2.24, 2.45) is 7.05 Å². The van der Waals surface area contributed by atoms with Crippen molar-refractivity contribution in [3.05, 3.63) is 64.0 Å². The molecule has 0 radical (unpaired) electrons. The molecular weight excluding hydrogens is 399 g/mol. The van der Waals surface area contributed by atoms with E-state index in [-0.39, 0.29) is 23.6 Å². The number of nitrogens with one attached hydrogen (secondary N) is 2. The van der Waals surface area contributed by atoms with E-state index >= 15 is 0 Å². The molecule has 8 heteroatoms. The van der Waals surface area contributed by atoms with E-state index in [1.54, 1.807) is 30.1 Å². The smallest absolute Gasteiger partial charge is 0.287 e. The van der Waals surface area contributed by atoms with Gasteiger partial charge in [0.25, 0.3) is 5.91 Å². The second kappa shape index (κ2) is 7.99. The fraction of sp³-hybridized carbons (Fsp3) is 0.300. The maximum Gasteiger partial charge on any atom is 0.287 e. The van der Waals surface area contributed by atoms with Gasteiger partial charge in [-0.2, -0.15) is 5.10 Å². The van der Waals surface area contributed by atoms with E-state index in [1.165, 1.54) is 0 Å². The van der Waals surface area contributed by atoms with Gasteiger partial charge in [0.2, 0.25) is 0 Å². The third-order valence-electron chi connectivity index (χ3n) is 5.05. The van der Waals surface area contributed by atoms with E-state index in [0.717, 1.165) is 18.5 Å². The Hall–Kier alpha value is -2.28. The largest absolute Gasteiger partial charge is 0.449 e. The maximum atomic E-state index is 12.8. The summed E-state index contributed by atoms with van der Waals surface area (Å²) in [7, 11) is 1.77. The van der Waals surface area contributed by atoms with Crippen molar-refractivity contribution in [1.82, 2.24) is 20.4 Å². The van der Waals surface area contributed by atoms with E-state index < -0.39 is 0 Å². The summed E-state index contributed by atoms with van der Waals surface area (Å²) in [5.41, 5.74) is 1.80. The van der Waals surface area contributed by atoms with Crippen LogP contribution < -0.4 is 10.6 Å². The number of hydrogen-bond donors (Lipinski definition) is 2. The number of aromatic nitrogens is 2. The molecule has 3 aromatic rings.